The van der Waals surface area contributed by atoms with Crippen molar-refractivity contribution in [3.05, 3.63) is 41.0 Å². The van der Waals surface area contributed by atoms with Crippen LogP contribution >= 0.6 is 0 Å². The van der Waals surface area contributed by atoms with Gasteiger partial charge in [0.05, 0.1) is 0 Å². The summed E-state index contributed by atoms with van der Waals surface area (Å²) >= 11 is 0. The number of unbranched alkanes of at least 4 members (excludes halogenated alkanes) is 1. The van der Waals surface area contributed by atoms with E-state index in [4.69, 9.17) is 4.74 Å². The number of benzene rings is 1. The summed E-state index contributed by atoms with van der Waals surface area (Å²) in [5.74, 6) is 2.55. The highest BCUT2D eigenvalue weighted by atomic mass is 19.2. The fourth-order valence-electron chi connectivity index (χ4n) is 6.79. The Labute approximate surface area is 187 Å². The third kappa shape index (κ3) is 5.17. The summed E-state index contributed by atoms with van der Waals surface area (Å²) in [5.41, 5.74) is 1.58. The molecule has 5 atom stereocenters. The Bertz CT molecular complexity index is 771. The van der Waals surface area contributed by atoms with Gasteiger partial charge in [-0.2, -0.15) is 4.39 Å². The van der Waals surface area contributed by atoms with Crippen LogP contribution < -0.4 is 4.74 Å². The molecule has 1 nitrogen and oxygen atoms in total. The Kier molecular flexibility index (Phi) is 7.72. The summed E-state index contributed by atoms with van der Waals surface area (Å²) in [7, 11) is 0. The molecule has 3 aliphatic rings. The minimum atomic E-state index is -0.807. The monoisotopic (exact) mass is 430 g/mol. The molecule has 0 saturated heterocycles. The number of aryl methyl sites for hydroxylation is 1. The van der Waals surface area contributed by atoms with Crippen LogP contribution in [0.2, 0.25) is 0 Å². The van der Waals surface area contributed by atoms with E-state index in [1.54, 1.807) is 12.1 Å². The first-order valence-corrected chi connectivity index (χ1v) is 12.8. The average Bonchev–Trinajstić information content (AvgIpc) is 2.80. The van der Waals surface area contributed by atoms with Gasteiger partial charge in [-0.1, -0.05) is 44.8 Å². The van der Waals surface area contributed by atoms with E-state index in [9.17, 15) is 8.78 Å². The van der Waals surface area contributed by atoms with Gasteiger partial charge in [0.15, 0.2) is 11.6 Å². The van der Waals surface area contributed by atoms with Crippen molar-refractivity contribution in [3.63, 3.8) is 0 Å². The van der Waals surface area contributed by atoms with Gasteiger partial charge in [0.1, 0.15) is 6.61 Å². The molecule has 5 unspecified atom stereocenters. The van der Waals surface area contributed by atoms with E-state index in [1.807, 2.05) is 13.0 Å². The van der Waals surface area contributed by atoms with E-state index in [1.165, 1.54) is 57.8 Å². The Morgan fingerprint density at radius 3 is 2.48 bits per heavy atom. The summed E-state index contributed by atoms with van der Waals surface area (Å²) in [4.78, 5) is 0. The Morgan fingerprint density at radius 2 is 1.71 bits per heavy atom. The van der Waals surface area contributed by atoms with Crippen LogP contribution in [0, 0.1) is 41.2 Å². The molecule has 4 rings (SSSR count). The number of allylic oxidation sites excluding steroid dienone is 1. The molecule has 2 saturated carbocycles. The van der Waals surface area contributed by atoms with Crippen LogP contribution in [0.1, 0.15) is 89.2 Å². The fourth-order valence-corrected chi connectivity index (χ4v) is 6.79. The molecule has 1 aromatic rings. The average molecular weight is 431 g/mol. The number of ether oxygens (including phenoxy) is 1. The molecule has 0 N–H and O–H groups in total. The number of fused-ring (bicyclic) bond motifs is 2. The smallest absolute Gasteiger partial charge is 0.200 e. The van der Waals surface area contributed by atoms with Crippen LogP contribution in [0.3, 0.4) is 0 Å². The van der Waals surface area contributed by atoms with Gasteiger partial charge in [0.2, 0.25) is 5.82 Å². The predicted octanol–water partition coefficient (Wildman–Crippen LogP) is 8.05. The van der Waals surface area contributed by atoms with Crippen LogP contribution in [0.4, 0.5) is 8.78 Å². The second-order valence-electron chi connectivity index (χ2n) is 10.4. The maximum atomic E-state index is 14.9. The maximum absolute atomic E-state index is 14.9. The van der Waals surface area contributed by atoms with E-state index in [2.05, 4.69) is 6.92 Å². The number of hydrogen-bond donors (Lipinski definition) is 0. The first kappa shape index (κ1) is 22.8. The van der Waals surface area contributed by atoms with Gasteiger partial charge in [-0.15, -0.1) is 0 Å². The highest BCUT2D eigenvalue weighted by molar-refractivity contribution is 5.40. The zero-order chi connectivity index (χ0) is 21.8. The molecule has 0 spiro atoms. The van der Waals surface area contributed by atoms with Gasteiger partial charge in [0, 0.05) is 0 Å². The molecule has 0 bridgehead atoms. The van der Waals surface area contributed by atoms with Gasteiger partial charge >= 0.3 is 0 Å². The van der Waals surface area contributed by atoms with Crippen molar-refractivity contribution in [2.45, 2.75) is 90.9 Å². The molecule has 2 fully saturated rings. The Balaban J connectivity index is 1.38. The highest BCUT2D eigenvalue weighted by Crippen LogP contribution is 2.49. The highest BCUT2D eigenvalue weighted by Gasteiger charge is 2.39. The standard InChI is InChI=1S/C28H40F2O/c1-3-5-7-19-8-9-21-16-22(11-10-20(21)15-19)23-12-13-24-18-26(31-14-6-4-2)28(30)27(29)25(24)17-23/h4,6,18-23H,3,5,7-17H2,1-2H3/b6-4+. The van der Waals surface area contributed by atoms with Gasteiger partial charge in [-0.05, 0) is 105 Å². The van der Waals surface area contributed by atoms with E-state index in [0.717, 1.165) is 36.2 Å². The molecular weight excluding hydrogens is 390 g/mol. The lowest BCUT2D eigenvalue weighted by Gasteiger charge is -2.45. The number of hydrogen-bond acceptors (Lipinski definition) is 1. The molecule has 0 radical (unpaired) electrons. The van der Waals surface area contributed by atoms with Crippen LogP contribution in [0.25, 0.3) is 0 Å². The van der Waals surface area contributed by atoms with Gasteiger partial charge in [-0.25, -0.2) is 4.39 Å². The summed E-state index contributed by atoms with van der Waals surface area (Å²) in [6, 6.07) is 1.75. The minimum absolute atomic E-state index is 0.0631. The van der Waals surface area contributed by atoms with Crippen LogP contribution in [-0.4, -0.2) is 6.61 Å². The molecule has 0 amide bonds. The summed E-state index contributed by atoms with van der Waals surface area (Å²) in [6.07, 6.45) is 18.7. The molecule has 3 heteroatoms. The van der Waals surface area contributed by atoms with Crippen molar-refractivity contribution < 1.29 is 13.5 Å². The third-order valence-corrected chi connectivity index (χ3v) is 8.58. The number of halogens is 2. The lowest BCUT2D eigenvalue weighted by molar-refractivity contribution is 0.0688. The first-order valence-electron chi connectivity index (χ1n) is 12.8. The molecule has 31 heavy (non-hydrogen) atoms. The zero-order valence-corrected chi connectivity index (χ0v) is 19.5. The summed E-state index contributed by atoms with van der Waals surface area (Å²) in [5, 5.41) is 0. The second-order valence-corrected chi connectivity index (χ2v) is 10.4. The normalized spacial score (nSPS) is 30.8. The predicted molar refractivity (Wildman–Crippen MR) is 123 cm³/mol. The Morgan fingerprint density at radius 1 is 0.968 bits per heavy atom. The van der Waals surface area contributed by atoms with Gasteiger partial charge < -0.3 is 4.74 Å². The van der Waals surface area contributed by atoms with Gasteiger partial charge in [-0.3, -0.25) is 0 Å². The molecular formula is C28H40F2O. The zero-order valence-electron chi connectivity index (χ0n) is 19.5. The van der Waals surface area contributed by atoms with Crippen molar-refractivity contribution in [1.29, 1.82) is 0 Å². The maximum Gasteiger partial charge on any atom is 0.200 e. The van der Waals surface area contributed by atoms with E-state index >= 15 is 0 Å². The molecule has 0 aliphatic heterocycles. The van der Waals surface area contributed by atoms with E-state index < -0.39 is 11.6 Å². The molecule has 172 valence electrons. The van der Waals surface area contributed by atoms with Crippen molar-refractivity contribution in [3.8, 4) is 5.75 Å². The topological polar surface area (TPSA) is 9.23 Å². The fraction of sp³-hybridized carbons (Fsp3) is 0.714. The second kappa shape index (κ2) is 10.5. The summed E-state index contributed by atoms with van der Waals surface area (Å²) in [6.45, 7) is 4.46. The van der Waals surface area contributed by atoms with Gasteiger partial charge in [0.25, 0.3) is 0 Å². The lowest BCUT2D eigenvalue weighted by Crippen LogP contribution is -2.35. The molecule has 0 aromatic heterocycles. The number of rotatable bonds is 7. The van der Waals surface area contributed by atoms with Crippen LogP contribution in [0.5, 0.6) is 5.75 Å². The van der Waals surface area contributed by atoms with Crippen LogP contribution in [-0.2, 0) is 12.8 Å². The first-order chi connectivity index (χ1) is 15.1. The molecule has 0 heterocycles. The quantitative estimate of drug-likeness (QED) is 0.398. The van der Waals surface area contributed by atoms with Crippen molar-refractivity contribution >= 4 is 0 Å². The SMILES string of the molecule is C/C=C/COc1cc2c(c(F)c1F)CC(C1CCC3CC(CCCC)CCC3C1)CC2. The third-order valence-electron chi connectivity index (χ3n) is 8.58. The largest absolute Gasteiger partial charge is 0.486 e. The van der Waals surface area contributed by atoms with E-state index in [-0.39, 0.29) is 12.4 Å². The van der Waals surface area contributed by atoms with Crippen molar-refractivity contribution in [2.24, 2.45) is 29.6 Å². The summed E-state index contributed by atoms with van der Waals surface area (Å²) < 4.78 is 35.0. The lowest BCUT2D eigenvalue weighted by atomic mass is 9.61. The van der Waals surface area contributed by atoms with Crippen LogP contribution in [0.15, 0.2) is 18.2 Å². The molecule has 3 aliphatic carbocycles. The minimum Gasteiger partial charge on any atom is -0.486 e. The Hall–Kier alpha value is -1.38. The van der Waals surface area contributed by atoms with E-state index in [0.29, 0.717) is 23.8 Å². The molecule has 1 aromatic carbocycles. The van der Waals surface area contributed by atoms with Crippen molar-refractivity contribution in [1.82, 2.24) is 0 Å². The van der Waals surface area contributed by atoms with Crippen molar-refractivity contribution in [2.75, 3.05) is 6.61 Å².